The summed E-state index contributed by atoms with van der Waals surface area (Å²) in [6.07, 6.45) is 4.09. The van der Waals surface area contributed by atoms with Crippen molar-refractivity contribution in [1.82, 2.24) is 19.4 Å². The molecule has 4 N–H and O–H groups in total. The molecule has 1 saturated heterocycles. The molecule has 1 aliphatic heterocycles. The highest BCUT2D eigenvalue weighted by Gasteiger charge is 2.21. The first kappa shape index (κ1) is 25.4. The Bertz CT molecular complexity index is 1460. The summed E-state index contributed by atoms with van der Waals surface area (Å²) in [4.78, 5) is 37.1. The van der Waals surface area contributed by atoms with Crippen LogP contribution in [-0.4, -0.2) is 64.1 Å². The van der Waals surface area contributed by atoms with Crippen LogP contribution in [0.3, 0.4) is 0 Å². The summed E-state index contributed by atoms with van der Waals surface area (Å²) >= 11 is 0. The van der Waals surface area contributed by atoms with Crippen LogP contribution < -0.4 is 16.4 Å². The maximum Gasteiger partial charge on any atom is 0.323 e. The molecule has 0 saturated carbocycles. The van der Waals surface area contributed by atoms with Gasteiger partial charge in [-0.05, 0) is 36.2 Å². The third-order valence-corrected chi connectivity index (χ3v) is 6.66. The first-order valence-corrected chi connectivity index (χ1v) is 12.7. The van der Waals surface area contributed by atoms with E-state index in [1.165, 1.54) is 6.33 Å². The molecule has 2 aromatic carbocycles. The van der Waals surface area contributed by atoms with Crippen molar-refractivity contribution in [1.29, 1.82) is 0 Å². The van der Waals surface area contributed by atoms with Crippen molar-refractivity contribution in [3.8, 4) is 0 Å². The number of ketones is 1. The van der Waals surface area contributed by atoms with E-state index in [9.17, 15) is 9.59 Å². The lowest BCUT2D eigenvalue weighted by molar-refractivity contribution is 0.0365. The SMILES string of the molecule is CCc1cccc(NC(=O)Nc2cccc(C(=O)c3cn(CCN4CCOCC4)c4ncnc(N)c34)c2)c1. The van der Waals surface area contributed by atoms with Crippen molar-refractivity contribution in [2.24, 2.45) is 0 Å². The number of ether oxygens (including phenoxy) is 1. The molecule has 4 aromatic rings. The predicted molar refractivity (Wildman–Crippen MR) is 148 cm³/mol. The highest BCUT2D eigenvalue weighted by atomic mass is 16.5. The number of aromatic nitrogens is 3. The van der Waals surface area contributed by atoms with Crippen LogP contribution in [0.4, 0.5) is 22.0 Å². The van der Waals surface area contributed by atoms with E-state index in [2.05, 4.69) is 32.4 Å². The summed E-state index contributed by atoms with van der Waals surface area (Å²) in [6, 6.07) is 14.1. The number of rotatable bonds is 8. The van der Waals surface area contributed by atoms with Crippen molar-refractivity contribution < 1.29 is 14.3 Å². The second kappa shape index (κ2) is 11.4. The number of morpholine rings is 1. The fraction of sp³-hybridized carbons (Fsp3) is 0.286. The number of nitrogen functional groups attached to an aromatic ring is 1. The highest BCUT2D eigenvalue weighted by Crippen LogP contribution is 2.27. The van der Waals surface area contributed by atoms with Gasteiger partial charge in [-0.2, -0.15) is 0 Å². The highest BCUT2D eigenvalue weighted by molar-refractivity contribution is 6.18. The Labute approximate surface area is 220 Å². The van der Waals surface area contributed by atoms with Gasteiger partial charge in [0.25, 0.3) is 0 Å². The topological polar surface area (TPSA) is 127 Å². The Kier molecular flexibility index (Phi) is 7.62. The third-order valence-electron chi connectivity index (χ3n) is 6.66. The minimum absolute atomic E-state index is 0.221. The fourth-order valence-electron chi connectivity index (χ4n) is 4.62. The van der Waals surface area contributed by atoms with Crippen LogP contribution >= 0.6 is 0 Å². The number of anilines is 3. The zero-order valence-corrected chi connectivity index (χ0v) is 21.3. The third kappa shape index (κ3) is 5.66. The van der Waals surface area contributed by atoms with Crippen LogP contribution in [0.25, 0.3) is 11.0 Å². The second-order valence-corrected chi connectivity index (χ2v) is 9.19. The van der Waals surface area contributed by atoms with Crippen molar-refractivity contribution >= 4 is 40.0 Å². The molecule has 0 radical (unpaired) electrons. The van der Waals surface area contributed by atoms with E-state index in [4.69, 9.17) is 10.5 Å². The number of urea groups is 1. The molecule has 5 rings (SSSR count). The lowest BCUT2D eigenvalue weighted by atomic mass is 10.0. The van der Waals surface area contributed by atoms with Gasteiger partial charge in [0.2, 0.25) is 0 Å². The van der Waals surface area contributed by atoms with Gasteiger partial charge in [-0.15, -0.1) is 0 Å². The van der Waals surface area contributed by atoms with E-state index < -0.39 is 0 Å². The molecular formula is C28H31N7O3. The number of hydrogen-bond donors (Lipinski definition) is 3. The van der Waals surface area contributed by atoms with Gasteiger partial charge in [-0.3, -0.25) is 9.69 Å². The smallest absolute Gasteiger partial charge is 0.323 e. The molecule has 0 aliphatic carbocycles. The first-order valence-electron chi connectivity index (χ1n) is 12.7. The van der Waals surface area contributed by atoms with Crippen LogP contribution in [0.5, 0.6) is 0 Å². The van der Waals surface area contributed by atoms with E-state index in [1.807, 2.05) is 28.8 Å². The molecular weight excluding hydrogens is 482 g/mol. The zero-order chi connectivity index (χ0) is 26.5. The molecule has 10 nitrogen and oxygen atoms in total. The van der Waals surface area contributed by atoms with Crippen LogP contribution in [0.1, 0.15) is 28.4 Å². The van der Waals surface area contributed by atoms with Gasteiger partial charge in [0.15, 0.2) is 5.78 Å². The number of fused-ring (bicyclic) bond motifs is 1. The summed E-state index contributed by atoms with van der Waals surface area (Å²) < 4.78 is 7.39. The van der Waals surface area contributed by atoms with E-state index in [1.54, 1.807) is 30.5 Å². The number of hydrogen-bond acceptors (Lipinski definition) is 7. The van der Waals surface area contributed by atoms with Crippen LogP contribution in [0, 0.1) is 0 Å². The monoisotopic (exact) mass is 513 g/mol. The summed E-state index contributed by atoms with van der Waals surface area (Å²) in [7, 11) is 0. The number of carbonyl (C=O) groups is 2. The Morgan fingerprint density at radius 1 is 1.00 bits per heavy atom. The Balaban J connectivity index is 1.35. The van der Waals surface area contributed by atoms with Gasteiger partial charge in [-0.1, -0.05) is 31.2 Å². The van der Waals surface area contributed by atoms with Crippen LogP contribution in [0.15, 0.2) is 61.1 Å². The quantitative estimate of drug-likeness (QED) is 0.306. The van der Waals surface area contributed by atoms with Crippen LogP contribution in [-0.2, 0) is 17.7 Å². The number of nitrogens with two attached hydrogens (primary N) is 1. The molecule has 1 aliphatic rings. The maximum absolute atomic E-state index is 13.7. The first-order chi connectivity index (χ1) is 18.5. The van der Waals surface area contributed by atoms with Crippen molar-refractivity contribution in [2.75, 3.05) is 49.2 Å². The largest absolute Gasteiger partial charge is 0.383 e. The summed E-state index contributed by atoms with van der Waals surface area (Å²) in [5.74, 6) is 0.0350. The molecule has 38 heavy (non-hydrogen) atoms. The van der Waals surface area contributed by atoms with E-state index >= 15 is 0 Å². The minimum Gasteiger partial charge on any atom is -0.383 e. The minimum atomic E-state index is -0.389. The van der Waals surface area contributed by atoms with Crippen molar-refractivity contribution in [2.45, 2.75) is 19.9 Å². The van der Waals surface area contributed by atoms with Crippen molar-refractivity contribution in [3.63, 3.8) is 0 Å². The van der Waals surface area contributed by atoms with Crippen LogP contribution in [0.2, 0.25) is 0 Å². The molecule has 0 spiro atoms. The lowest BCUT2D eigenvalue weighted by Gasteiger charge is -2.26. The van der Waals surface area contributed by atoms with E-state index in [-0.39, 0.29) is 17.6 Å². The standard InChI is InChI=1S/C28H31N7O3/c1-2-19-5-3-7-21(15-19)32-28(37)33-22-8-4-6-20(16-22)25(36)23-17-35(10-9-34-11-13-38-14-12-34)27-24(23)26(29)30-18-31-27/h3-8,15-18H,2,9-14H2,1H3,(H2,29,30,31)(H2,32,33,37). The Morgan fingerprint density at radius 3 is 2.50 bits per heavy atom. The number of nitrogens with one attached hydrogen (secondary N) is 2. The van der Waals surface area contributed by atoms with E-state index in [0.717, 1.165) is 44.8 Å². The molecule has 196 valence electrons. The summed E-state index contributed by atoms with van der Waals surface area (Å²) in [5, 5.41) is 6.18. The maximum atomic E-state index is 13.7. The number of nitrogens with zero attached hydrogens (tertiary/aromatic N) is 4. The van der Waals surface area contributed by atoms with Gasteiger partial charge in [-0.25, -0.2) is 14.8 Å². The molecule has 3 heterocycles. The Hall–Kier alpha value is -4.28. The summed E-state index contributed by atoms with van der Waals surface area (Å²) in [5.41, 5.74) is 10.0. The summed E-state index contributed by atoms with van der Waals surface area (Å²) in [6.45, 7) is 6.71. The van der Waals surface area contributed by atoms with Gasteiger partial charge in [0.05, 0.1) is 24.2 Å². The predicted octanol–water partition coefficient (Wildman–Crippen LogP) is 3.78. The number of carbonyl (C=O) groups excluding carboxylic acids is 2. The van der Waals surface area contributed by atoms with E-state index in [0.29, 0.717) is 40.1 Å². The number of benzene rings is 2. The molecule has 2 amide bonds. The van der Waals surface area contributed by atoms with Gasteiger partial charge < -0.3 is 25.7 Å². The molecule has 0 bridgehead atoms. The van der Waals surface area contributed by atoms with Gasteiger partial charge in [0.1, 0.15) is 17.8 Å². The molecule has 0 unspecified atom stereocenters. The fourth-order valence-corrected chi connectivity index (χ4v) is 4.62. The number of amides is 2. The normalized spacial score (nSPS) is 13.9. The molecule has 10 heteroatoms. The lowest BCUT2D eigenvalue weighted by Crippen LogP contribution is -2.38. The molecule has 0 atom stereocenters. The molecule has 1 fully saturated rings. The zero-order valence-electron chi connectivity index (χ0n) is 21.3. The van der Waals surface area contributed by atoms with Gasteiger partial charge in [0, 0.05) is 49.3 Å². The average molecular weight is 514 g/mol. The second-order valence-electron chi connectivity index (χ2n) is 9.19. The van der Waals surface area contributed by atoms with Crippen molar-refractivity contribution in [3.05, 3.63) is 77.7 Å². The molecule has 2 aromatic heterocycles. The average Bonchev–Trinajstić information content (AvgIpc) is 3.32. The van der Waals surface area contributed by atoms with Gasteiger partial charge >= 0.3 is 6.03 Å². The Morgan fingerprint density at radius 2 is 1.74 bits per heavy atom. The number of aryl methyl sites for hydroxylation is 1.